The van der Waals surface area contributed by atoms with Crippen LogP contribution in [-0.4, -0.2) is 32.2 Å². The molecule has 2 aromatic carbocycles. The Hall–Kier alpha value is -3.26. The fourth-order valence-electron chi connectivity index (χ4n) is 2.64. The molecule has 0 unspecified atom stereocenters. The molecular formula is C21H23N3O4S. The zero-order valence-corrected chi connectivity index (χ0v) is 17.3. The maximum Gasteiger partial charge on any atom is 0.226 e. The Morgan fingerprint density at radius 2 is 1.72 bits per heavy atom. The second-order valence-electron chi connectivity index (χ2n) is 6.14. The summed E-state index contributed by atoms with van der Waals surface area (Å²) >= 11 is 1.43. The van der Waals surface area contributed by atoms with E-state index in [9.17, 15) is 4.79 Å². The molecule has 1 aromatic heterocycles. The van der Waals surface area contributed by atoms with Gasteiger partial charge in [-0.25, -0.2) is 4.98 Å². The lowest BCUT2D eigenvalue weighted by Gasteiger charge is -2.10. The number of nitrogens with one attached hydrogen (secondary N) is 2. The number of benzene rings is 2. The Balaban J connectivity index is 1.56. The maximum absolute atomic E-state index is 12.2. The topological polar surface area (TPSA) is 81.7 Å². The van der Waals surface area contributed by atoms with Crippen molar-refractivity contribution in [3.05, 3.63) is 59.1 Å². The van der Waals surface area contributed by atoms with Gasteiger partial charge in [0, 0.05) is 18.0 Å². The molecule has 7 nitrogen and oxygen atoms in total. The van der Waals surface area contributed by atoms with Gasteiger partial charge >= 0.3 is 0 Å². The van der Waals surface area contributed by atoms with Crippen molar-refractivity contribution in [2.24, 2.45) is 0 Å². The number of hydrogen-bond acceptors (Lipinski definition) is 7. The van der Waals surface area contributed by atoms with Crippen LogP contribution in [0.2, 0.25) is 0 Å². The largest absolute Gasteiger partial charge is 0.497 e. The van der Waals surface area contributed by atoms with E-state index in [4.69, 9.17) is 14.2 Å². The number of anilines is 2. The third kappa shape index (κ3) is 5.61. The van der Waals surface area contributed by atoms with Crippen LogP contribution < -0.4 is 24.8 Å². The van der Waals surface area contributed by atoms with E-state index in [0.29, 0.717) is 28.9 Å². The van der Waals surface area contributed by atoms with Gasteiger partial charge in [-0.2, -0.15) is 0 Å². The van der Waals surface area contributed by atoms with Crippen molar-refractivity contribution in [2.75, 3.05) is 26.6 Å². The minimum Gasteiger partial charge on any atom is -0.497 e. The molecule has 0 saturated heterocycles. The molecule has 0 aliphatic heterocycles. The zero-order chi connectivity index (χ0) is 20.6. The van der Waals surface area contributed by atoms with Gasteiger partial charge < -0.3 is 24.8 Å². The molecule has 0 saturated carbocycles. The normalized spacial score (nSPS) is 10.3. The van der Waals surface area contributed by atoms with Gasteiger partial charge in [-0.15, -0.1) is 11.3 Å². The quantitative estimate of drug-likeness (QED) is 0.556. The van der Waals surface area contributed by atoms with Gasteiger partial charge in [0.25, 0.3) is 0 Å². The molecule has 1 heterocycles. The SMILES string of the molecule is COc1ccc(CNC(=O)Cc2csc(Nc3cc(OC)ccc3OC)n2)cc1. The van der Waals surface area contributed by atoms with Crippen LogP contribution in [-0.2, 0) is 17.8 Å². The van der Waals surface area contributed by atoms with Crippen LogP contribution in [0.15, 0.2) is 47.8 Å². The minimum atomic E-state index is -0.0865. The van der Waals surface area contributed by atoms with E-state index in [0.717, 1.165) is 17.0 Å². The van der Waals surface area contributed by atoms with Crippen LogP contribution in [0.4, 0.5) is 10.8 Å². The van der Waals surface area contributed by atoms with E-state index >= 15 is 0 Å². The highest BCUT2D eigenvalue weighted by Gasteiger charge is 2.11. The summed E-state index contributed by atoms with van der Waals surface area (Å²) in [6.07, 6.45) is 0.212. The molecule has 3 rings (SSSR count). The standard InChI is InChI=1S/C21H23N3O4S/c1-26-16-6-4-14(5-7-16)12-22-20(25)10-15-13-29-21(23-15)24-18-11-17(27-2)8-9-19(18)28-3/h4-9,11,13H,10,12H2,1-3H3,(H,22,25)(H,23,24). The third-order valence-corrected chi connectivity index (χ3v) is 5.00. The number of thiazole rings is 1. The molecule has 0 atom stereocenters. The molecule has 3 aromatic rings. The van der Waals surface area contributed by atoms with Gasteiger partial charge in [0.1, 0.15) is 17.2 Å². The average molecular weight is 413 g/mol. The predicted molar refractivity (Wildman–Crippen MR) is 113 cm³/mol. The molecule has 0 bridgehead atoms. The molecule has 0 aliphatic carbocycles. The Morgan fingerprint density at radius 1 is 1.00 bits per heavy atom. The molecule has 8 heteroatoms. The number of ether oxygens (including phenoxy) is 3. The summed E-state index contributed by atoms with van der Waals surface area (Å²) in [5, 5.41) is 8.66. The molecular weight excluding hydrogens is 390 g/mol. The molecule has 0 aliphatic rings. The number of amides is 1. The van der Waals surface area contributed by atoms with Gasteiger partial charge in [-0.05, 0) is 29.8 Å². The van der Waals surface area contributed by atoms with E-state index in [1.165, 1.54) is 11.3 Å². The summed E-state index contributed by atoms with van der Waals surface area (Å²) < 4.78 is 15.7. The van der Waals surface area contributed by atoms with Crippen molar-refractivity contribution in [1.29, 1.82) is 0 Å². The molecule has 1 amide bonds. The highest BCUT2D eigenvalue weighted by Crippen LogP contribution is 2.32. The second-order valence-corrected chi connectivity index (χ2v) is 6.99. The Bertz CT molecular complexity index is 957. The number of methoxy groups -OCH3 is 3. The minimum absolute atomic E-state index is 0.0865. The van der Waals surface area contributed by atoms with E-state index in [1.807, 2.05) is 47.8 Å². The Morgan fingerprint density at radius 3 is 2.41 bits per heavy atom. The van der Waals surface area contributed by atoms with E-state index in [2.05, 4.69) is 15.6 Å². The van der Waals surface area contributed by atoms with Crippen molar-refractivity contribution < 1.29 is 19.0 Å². The lowest BCUT2D eigenvalue weighted by atomic mass is 10.2. The van der Waals surface area contributed by atoms with Crippen LogP contribution >= 0.6 is 11.3 Å². The smallest absolute Gasteiger partial charge is 0.226 e. The van der Waals surface area contributed by atoms with Crippen LogP contribution in [0.25, 0.3) is 0 Å². The second kappa shape index (κ2) is 9.79. The van der Waals surface area contributed by atoms with E-state index < -0.39 is 0 Å². The summed E-state index contributed by atoms with van der Waals surface area (Å²) in [6, 6.07) is 13.1. The molecule has 0 radical (unpaired) electrons. The van der Waals surface area contributed by atoms with Crippen molar-refractivity contribution in [1.82, 2.24) is 10.3 Å². The van der Waals surface area contributed by atoms with Gasteiger partial charge in [-0.3, -0.25) is 4.79 Å². The fourth-order valence-corrected chi connectivity index (χ4v) is 3.37. The zero-order valence-electron chi connectivity index (χ0n) is 16.5. The van der Waals surface area contributed by atoms with Crippen molar-refractivity contribution in [3.63, 3.8) is 0 Å². The number of hydrogen-bond donors (Lipinski definition) is 2. The summed E-state index contributed by atoms with van der Waals surface area (Å²) in [7, 11) is 4.84. The number of rotatable bonds is 9. The summed E-state index contributed by atoms with van der Waals surface area (Å²) in [5.41, 5.74) is 2.45. The monoisotopic (exact) mass is 413 g/mol. The first kappa shape index (κ1) is 20.5. The summed E-state index contributed by atoms with van der Waals surface area (Å²) in [5.74, 6) is 2.09. The Kier molecular flexibility index (Phi) is 6.91. The lowest BCUT2D eigenvalue weighted by Crippen LogP contribution is -2.24. The highest BCUT2D eigenvalue weighted by atomic mass is 32.1. The molecule has 0 fully saturated rings. The highest BCUT2D eigenvalue weighted by molar-refractivity contribution is 7.13. The Labute approximate surface area is 173 Å². The van der Waals surface area contributed by atoms with Gasteiger partial charge in [0.15, 0.2) is 5.13 Å². The van der Waals surface area contributed by atoms with Gasteiger partial charge in [0.2, 0.25) is 5.91 Å². The van der Waals surface area contributed by atoms with E-state index in [-0.39, 0.29) is 12.3 Å². The predicted octanol–water partition coefficient (Wildman–Crippen LogP) is 3.77. The third-order valence-electron chi connectivity index (χ3n) is 4.19. The van der Waals surface area contributed by atoms with E-state index in [1.54, 1.807) is 21.3 Å². The number of nitrogens with zero attached hydrogens (tertiary/aromatic N) is 1. The van der Waals surface area contributed by atoms with Crippen LogP contribution in [0, 0.1) is 0 Å². The van der Waals surface area contributed by atoms with Crippen LogP contribution in [0.3, 0.4) is 0 Å². The number of aromatic nitrogens is 1. The number of carbonyl (C=O) groups is 1. The average Bonchev–Trinajstić information content (AvgIpc) is 3.19. The first-order valence-corrected chi connectivity index (χ1v) is 9.82. The summed E-state index contributed by atoms with van der Waals surface area (Å²) in [6.45, 7) is 0.457. The van der Waals surface area contributed by atoms with Crippen LogP contribution in [0.5, 0.6) is 17.2 Å². The van der Waals surface area contributed by atoms with Gasteiger partial charge in [0.05, 0.1) is 39.1 Å². The molecule has 2 N–H and O–H groups in total. The molecule has 152 valence electrons. The first-order valence-electron chi connectivity index (χ1n) is 8.94. The molecule has 0 spiro atoms. The van der Waals surface area contributed by atoms with Gasteiger partial charge in [-0.1, -0.05) is 12.1 Å². The van der Waals surface area contributed by atoms with Crippen molar-refractivity contribution in [3.8, 4) is 17.2 Å². The van der Waals surface area contributed by atoms with Crippen LogP contribution in [0.1, 0.15) is 11.3 Å². The first-order chi connectivity index (χ1) is 14.1. The lowest BCUT2D eigenvalue weighted by molar-refractivity contribution is -0.120. The molecule has 29 heavy (non-hydrogen) atoms. The van der Waals surface area contributed by atoms with Crippen molar-refractivity contribution in [2.45, 2.75) is 13.0 Å². The fraction of sp³-hybridized carbons (Fsp3) is 0.238. The number of carbonyl (C=O) groups excluding carboxylic acids is 1. The summed E-state index contributed by atoms with van der Waals surface area (Å²) in [4.78, 5) is 16.7. The van der Waals surface area contributed by atoms with Crippen molar-refractivity contribution >= 4 is 28.1 Å². The maximum atomic E-state index is 12.2.